The molecular formula is C31H41NO2. The maximum atomic E-state index is 12.3. The Kier molecular flexibility index (Phi) is 5.91. The first kappa shape index (κ1) is 23.6. The minimum absolute atomic E-state index is 0.161. The summed E-state index contributed by atoms with van der Waals surface area (Å²) in [5.41, 5.74) is 6.03. The molecule has 2 fully saturated rings. The third kappa shape index (κ3) is 3.38. The summed E-state index contributed by atoms with van der Waals surface area (Å²) in [4.78, 5) is 14.4. The summed E-state index contributed by atoms with van der Waals surface area (Å²) in [6.45, 7) is 6.67. The van der Waals surface area contributed by atoms with Crippen LogP contribution in [0.15, 0.2) is 59.2 Å². The molecule has 182 valence electrons. The van der Waals surface area contributed by atoms with Gasteiger partial charge in [0.1, 0.15) is 0 Å². The van der Waals surface area contributed by atoms with Gasteiger partial charge in [0, 0.05) is 37.5 Å². The van der Waals surface area contributed by atoms with Gasteiger partial charge in [-0.3, -0.25) is 4.79 Å². The van der Waals surface area contributed by atoms with Crippen molar-refractivity contribution in [2.75, 3.05) is 19.0 Å². The predicted molar refractivity (Wildman–Crippen MR) is 140 cm³/mol. The van der Waals surface area contributed by atoms with E-state index in [0.29, 0.717) is 35.9 Å². The zero-order valence-electron chi connectivity index (χ0n) is 21.6. The molecule has 3 heteroatoms. The zero-order valence-corrected chi connectivity index (χ0v) is 21.6. The van der Waals surface area contributed by atoms with Crippen molar-refractivity contribution in [1.82, 2.24) is 0 Å². The molecule has 4 aliphatic rings. The van der Waals surface area contributed by atoms with Crippen molar-refractivity contribution in [3.05, 3.63) is 64.8 Å². The van der Waals surface area contributed by atoms with Crippen molar-refractivity contribution < 1.29 is 9.90 Å². The van der Waals surface area contributed by atoms with Gasteiger partial charge >= 0.3 is 0 Å². The second-order valence-electron chi connectivity index (χ2n) is 11.6. The van der Waals surface area contributed by atoms with Gasteiger partial charge in [-0.15, -0.1) is 0 Å². The fraction of sp³-hybridized carbons (Fsp3) is 0.581. The molecular weight excluding hydrogens is 418 g/mol. The fourth-order valence-electron chi connectivity index (χ4n) is 8.22. The van der Waals surface area contributed by atoms with Crippen molar-refractivity contribution in [3.63, 3.8) is 0 Å². The topological polar surface area (TPSA) is 40.5 Å². The molecule has 0 aliphatic heterocycles. The van der Waals surface area contributed by atoms with Crippen molar-refractivity contribution in [1.29, 1.82) is 0 Å². The molecule has 1 aromatic carbocycles. The summed E-state index contributed by atoms with van der Waals surface area (Å²) in [5.74, 6) is 1.86. The highest BCUT2D eigenvalue weighted by Gasteiger charge is 2.65. The molecule has 0 radical (unpaired) electrons. The lowest BCUT2D eigenvalue weighted by molar-refractivity contribution is -0.114. The third-order valence-electron chi connectivity index (χ3n) is 9.93. The van der Waals surface area contributed by atoms with E-state index < -0.39 is 5.60 Å². The van der Waals surface area contributed by atoms with Gasteiger partial charge in [-0.05, 0) is 91.7 Å². The van der Waals surface area contributed by atoms with Gasteiger partial charge in [-0.1, -0.05) is 50.1 Å². The number of nitrogens with zero attached hydrogens (tertiary/aromatic N) is 1. The van der Waals surface area contributed by atoms with Gasteiger partial charge in [-0.2, -0.15) is 0 Å². The van der Waals surface area contributed by atoms with Gasteiger partial charge in [0.05, 0.1) is 5.60 Å². The van der Waals surface area contributed by atoms with Gasteiger partial charge in [0.2, 0.25) is 0 Å². The number of fused-ring (bicyclic) bond motifs is 4. The number of carbonyl (C=O) groups excluding carboxylic acids is 1. The van der Waals surface area contributed by atoms with E-state index in [1.807, 2.05) is 13.0 Å². The second-order valence-corrected chi connectivity index (χ2v) is 11.6. The minimum Gasteiger partial charge on any atom is -0.385 e. The number of benzene rings is 1. The third-order valence-corrected chi connectivity index (χ3v) is 9.93. The van der Waals surface area contributed by atoms with Gasteiger partial charge in [0.15, 0.2) is 5.78 Å². The summed E-state index contributed by atoms with van der Waals surface area (Å²) in [5, 5.41) is 12.3. The van der Waals surface area contributed by atoms with E-state index in [2.05, 4.69) is 69.3 Å². The number of aliphatic hydroxyl groups is 1. The lowest BCUT2D eigenvalue weighted by atomic mass is 9.51. The normalized spacial score (nSPS) is 37.4. The Morgan fingerprint density at radius 3 is 2.53 bits per heavy atom. The summed E-state index contributed by atoms with van der Waals surface area (Å²) in [6, 6.07) is 9.08. The van der Waals surface area contributed by atoms with E-state index in [4.69, 9.17) is 0 Å². The van der Waals surface area contributed by atoms with E-state index >= 15 is 0 Å². The highest BCUT2D eigenvalue weighted by molar-refractivity contribution is 5.93. The molecule has 0 amide bonds. The number of ketones is 1. The van der Waals surface area contributed by atoms with Crippen molar-refractivity contribution in [3.8, 4) is 0 Å². The van der Waals surface area contributed by atoms with E-state index in [0.717, 1.165) is 38.5 Å². The Morgan fingerprint density at radius 1 is 1.15 bits per heavy atom. The fourth-order valence-corrected chi connectivity index (χ4v) is 8.22. The molecule has 5 rings (SSSR count). The number of rotatable bonds is 4. The van der Waals surface area contributed by atoms with E-state index in [1.165, 1.54) is 22.4 Å². The van der Waals surface area contributed by atoms with Crippen LogP contribution in [-0.4, -0.2) is 30.6 Å². The number of anilines is 1. The van der Waals surface area contributed by atoms with E-state index in [-0.39, 0.29) is 5.41 Å². The first-order valence-electron chi connectivity index (χ1n) is 13.3. The number of allylic oxidation sites excluding steroid dienone is 5. The molecule has 0 unspecified atom stereocenters. The Hall–Kier alpha value is -2.13. The maximum Gasteiger partial charge on any atom is 0.156 e. The molecule has 0 aromatic heterocycles. The zero-order chi connectivity index (χ0) is 24.3. The first-order chi connectivity index (χ1) is 16.2. The van der Waals surface area contributed by atoms with Crippen LogP contribution >= 0.6 is 0 Å². The van der Waals surface area contributed by atoms with Crippen LogP contribution < -0.4 is 4.90 Å². The monoisotopic (exact) mass is 459 g/mol. The summed E-state index contributed by atoms with van der Waals surface area (Å²) in [7, 11) is 4.17. The van der Waals surface area contributed by atoms with Crippen LogP contribution in [-0.2, 0) is 4.79 Å². The van der Waals surface area contributed by atoms with Crippen LogP contribution in [0, 0.1) is 23.2 Å². The molecule has 0 heterocycles. The van der Waals surface area contributed by atoms with E-state index in [1.54, 1.807) is 5.57 Å². The summed E-state index contributed by atoms with van der Waals surface area (Å²) >= 11 is 0. The van der Waals surface area contributed by atoms with Crippen LogP contribution in [0.3, 0.4) is 0 Å². The summed E-state index contributed by atoms with van der Waals surface area (Å²) < 4.78 is 0. The van der Waals surface area contributed by atoms with Gasteiger partial charge in [-0.25, -0.2) is 0 Å². The minimum atomic E-state index is -0.766. The quantitative estimate of drug-likeness (QED) is 0.516. The molecule has 34 heavy (non-hydrogen) atoms. The largest absolute Gasteiger partial charge is 0.385 e. The lowest BCUT2D eigenvalue weighted by Crippen LogP contribution is -2.52. The number of hydrogen-bond acceptors (Lipinski definition) is 3. The van der Waals surface area contributed by atoms with Crippen LogP contribution in [0.1, 0.15) is 77.2 Å². The molecule has 1 aromatic rings. The molecule has 6 atom stereocenters. The van der Waals surface area contributed by atoms with Crippen molar-refractivity contribution >= 4 is 11.5 Å². The molecule has 1 N–H and O–H groups in total. The second kappa shape index (κ2) is 8.52. The lowest BCUT2D eigenvalue weighted by Gasteiger charge is -2.54. The summed E-state index contributed by atoms with van der Waals surface area (Å²) in [6.07, 6.45) is 12.9. The molecule has 2 saturated carbocycles. The van der Waals surface area contributed by atoms with Crippen molar-refractivity contribution in [2.45, 2.75) is 77.2 Å². The van der Waals surface area contributed by atoms with Crippen LogP contribution in [0.4, 0.5) is 5.69 Å². The highest BCUT2D eigenvalue weighted by Crippen LogP contribution is 2.68. The van der Waals surface area contributed by atoms with Crippen LogP contribution in [0.2, 0.25) is 0 Å². The maximum absolute atomic E-state index is 12.3. The number of carbonyl (C=O) groups is 1. The Bertz CT molecular complexity index is 1060. The molecule has 3 nitrogen and oxygen atoms in total. The highest BCUT2D eigenvalue weighted by atomic mass is 16.3. The molecule has 4 aliphatic carbocycles. The molecule has 0 spiro atoms. The number of hydrogen-bond donors (Lipinski definition) is 1. The average molecular weight is 460 g/mol. The smallest absolute Gasteiger partial charge is 0.156 e. The SMILES string of the molecule is CC=C[C@]1(O)[C@H](CC)C[C@H]2[C@@H]3CCC4=CC(=O)CCC4=C3[C@@H](c3ccc(N(C)C)cc3)C[C@@]21C. The Balaban J connectivity index is 1.68. The van der Waals surface area contributed by atoms with Crippen LogP contribution in [0.25, 0.3) is 0 Å². The van der Waals surface area contributed by atoms with E-state index in [9.17, 15) is 9.90 Å². The molecule has 0 saturated heterocycles. The standard InChI is InChI=1S/C31H41NO2/c1-6-16-31(34)22(7-2)18-28-26-14-10-21-17-24(33)13-15-25(21)29(26)27(19-30(28,31)3)20-8-11-23(12-9-20)32(4)5/h6,8-9,11-12,16-17,22,26-28,34H,7,10,13-15,18-19H2,1-5H3/t22-,26+,27-,28+,30+,31+/m1/s1. The predicted octanol–water partition coefficient (Wildman–Crippen LogP) is 6.60. The first-order valence-corrected chi connectivity index (χ1v) is 13.3. The van der Waals surface area contributed by atoms with Gasteiger partial charge < -0.3 is 10.0 Å². The van der Waals surface area contributed by atoms with Crippen LogP contribution in [0.5, 0.6) is 0 Å². The van der Waals surface area contributed by atoms with Crippen molar-refractivity contribution in [2.24, 2.45) is 23.2 Å². The Morgan fingerprint density at radius 2 is 1.88 bits per heavy atom. The Labute approximate surface area is 205 Å². The van der Waals surface area contributed by atoms with Gasteiger partial charge in [0.25, 0.3) is 0 Å². The average Bonchev–Trinajstić information content (AvgIpc) is 3.04. The molecule has 0 bridgehead atoms.